The van der Waals surface area contributed by atoms with Gasteiger partial charge in [0.1, 0.15) is 11.3 Å². The number of ether oxygens (including phenoxy) is 1. The highest BCUT2D eigenvalue weighted by Gasteiger charge is 2.29. The molecule has 35 heavy (non-hydrogen) atoms. The van der Waals surface area contributed by atoms with Crippen LogP contribution in [0.25, 0.3) is 11.1 Å². The lowest BCUT2D eigenvalue weighted by molar-refractivity contribution is 0.0204. The number of benzene rings is 2. The Kier molecular flexibility index (Phi) is 7.55. The Hall–Kier alpha value is -3.19. The maximum atomic E-state index is 13.0. The number of para-hydroxylation sites is 1. The predicted octanol–water partition coefficient (Wildman–Crippen LogP) is 6.74. The van der Waals surface area contributed by atoms with Crippen LogP contribution in [0.3, 0.4) is 0 Å². The zero-order chi connectivity index (χ0) is 25.0. The van der Waals surface area contributed by atoms with Crippen LogP contribution in [0.15, 0.2) is 53.9 Å². The van der Waals surface area contributed by atoms with Crippen LogP contribution in [0, 0.1) is 0 Å². The number of aryl methyl sites for hydroxylation is 1. The molecule has 2 amide bonds. The fraction of sp³-hybridized carbons (Fsp3) is 0.393. The first-order valence-electron chi connectivity index (χ1n) is 12.2. The van der Waals surface area contributed by atoms with Crippen molar-refractivity contribution in [3.63, 3.8) is 0 Å². The van der Waals surface area contributed by atoms with Gasteiger partial charge in [0.2, 0.25) is 0 Å². The van der Waals surface area contributed by atoms with Gasteiger partial charge in [0.25, 0.3) is 5.91 Å². The van der Waals surface area contributed by atoms with E-state index in [1.54, 1.807) is 4.90 Å². The van der Waals surface area contributed by atoms with Crippen LogP contribution < -0.4 is 5.32 Å². The average Bonchev–Trinajstić information content (AvgIpc) is 3.34. The number of aromatic nitrogens is 1. The van der Waals surface area contributed by atoms with E-state index in [0.29, 0.717) is 18.8 Å². The molecule has 0 radical (unpaired) electrons. The number of hydrogen-bond donors (Lipinski definition) is 1. The van der Waals surface area contributed by atoms with Crippen molar-refractivity contribution < 1.29 is 14.3 Å². The van der Waals surface area contributed by atoms with Crippen LogP contribution in [0.5, 0.6) is 0 Å². The summed E-state index contributed by atoms with van der Waals surface area (Å²) < 4.78 is 5.48. The molecular weight excluding hydrogens is 458 g/mol. The summed E-state index contributed by atoms with van der Waals surface area (Å²) in [5.74, 6) is 0.0286. The number of carbonyl (C=O) groups excluding carboxylic acids is 2. The number of thiazole rings is 1. The minimum atomic E-state index is -0.497. The van der Waals surface area contributed by atoms with Gasteiger partial charge in [0.15, 0.2) is 0 Å². The third kappa shape index (κ3) is 6.28. The number of carbonyl (C=O) groups is 2. The molecule has 1 aliphatic heterocycles. The second kappa shape index (κ2) is 10.6. The quantitative estimate of drug-likeness (QED) is 0.429. The number of piperidine rings is 1. The summed E-state index contributed by atoms with van der Waals surface area (Å²) >= 11 is 1.51. The van der Waals surface area contributed by atoms with Gasteiger partial charge in [-0.15, -0.1) is 11.3 Å². The zero-order valence-electron chi connectivity index (χ0n) is 20.8. The fourth-order valence-electron chi connectivity index (χ4n) is 4.17. The van der Waals surface area contributed by atoms with Gasteiger partial charge in [-0.2, -0.15) is 0 Å². The van der Waals surface area contributed by atoms with Gasteiger partial charge in [-0.05, 0) is 57.2 Å². The van der Waals surface area contributed by atoms with Crippen LogP contribution in [0.1, 0.15) is 67.5 Å². The number of hydrogen-bond acceptors (Lipinski definition) is 5. The minimum Gasteiger partial charge on any atom is -0.444 e. The van der Waals surface area contributed by atoms with E-state index < -0.39 is 5.60 Å². The largest absolute Gasteiger partial charge is 0.444 e. The molecule has 0 atom stereocenters. The lowest BCUT2D eigenvalue weighted by atomic mass is 9.98. The molecule has 7 heteroatoms. The molecular formula is C28H33N3O3S. The van der Waals surface area contributed by atoms with E-state index in [9.17, 15) is 9.59 Å². The van der Waals surface area contributed by atoms with Crippen molar-refractivity contribution in [1.82, 2.24) is 9.88 Å². The monoisotopic (exact) mass is 491 g/mol. The molecule has 6 nitrogen and oxygen atoms in total. The highest BCUT2D eigenvalue weighted by molar-refractivity contribution is 7.10. The van der Waals surface area contributed by atoms with Crippen LogP contribution in [0.2, 0.25) is 0 Å². The highest BCUT2D eigenvalue weighted by Crippen LogP contribution is 2.32. The number of amides is 2. The summed E-state index contributed by atoms with van der Waals surface area (Å²) in [4.78, 5) is 31.8. The van der Waals surface area contributed by atoms with Crippen molar-refractivity contribution in [3.05, 3.63) is 70.2 Å². The lowest BCUT2D eigenvalue weighted by Crippen LogP contribution is -2.41. The maximum absolute atomic E-state index is 13.0. The summed E-state index contributed by atoms with van der Waals surface area (Å²) in [5.41, 5.74) is 4.02. The summed E-state index contributed by atoms with van der Waals surface area (Å²) in [6, 6.07) is 16.3. The third-order valence-electron chi connectivity index (χ3n) is 6.10. The molecule has 1 fully saturated rings. The van der Waals surface area contributed by atoms with E-state index in [4.69, 9.17) is 4.74 Å². The van der Waals surface area contributed by atoms with E-state index in [1.807, 2.05) is 50.4 Å². The number of rotatable bonds is 5. The fourth-order valence-corrected chi connectivity index (χ4v) is 5.14. The Balaban J connectivity index is 1.40. The maximum Gasteiger partial charge on any atom is 0.410 e. The van der Waals surface area contributed by atoms with Crippen LogP contribution >= 0.6 is 11.3 Å². The van der Waals surface area contributed by atoms with Gasteiger partial charge in [-0.25, -0.2) is 9.78 Å². The van der Waals surface area contributed by atoms with Crippen molar-refractivity contribution in [3.8, 4) is 11.1 Å². The molecule has 0 unspecified atom stereocenters. The molecule has 1 saturated heterocycles. The van der Waals surface area contributed by atoms with Gasteiger partial charge in [0.05, 0.1) is 5.01 Å². The van der Waals surface area contributed by atoms with Gasteiger partial charge < -0.3 is 15.0 Å². The molecule has 1 N–H and O–H groups in total. The minimum absolute atomic E-state index is 0.212. The number of nitrogens with zero attached hydrogens (tertiary/aromatic N) is 2. The number of likely N-dealkylation sites (tertiary alicyclic amines) is 1. The van der Waals surface area contributed by atoms with E-state index in [2.05, 4.69) is 41.5 Å². The average molecular weight is 492 g/mol. The van der Waals surface area contributed by atoms with Crippen molar-refractivity contribution in [2.45, 2.75) is 58.5 Å². The molecule has 0 spiro atoms. The summed E-state index contributed by atoms with van der Waals surface area (Å²) in [6.07, 6.45) is 2.35. The first-order chi connectivity index (χ1) is 16.7. The predicted molar refractivity (Wildman–Crippen MR) is 141 cm³/mol. The molecule has 2 aromatic carbocycles. The molecule has 2 heterocycles. The Bertz CT molecular complexity index is 1170. The van der Waals surface area contributed by atoms with E-state index in [1.165, 1.54) is 16.9 Å². The smallest absolute Gasteiger partial charge is 0.410 e. The normalized spacial score (nSPS) is 14.6. The lowest BCUT2D eigenvalue weighted by Gasteiger charge is -2.32. The topological polar surface area (TPSA) is 71.5 Å². The van der Waals surface area contributed by atoms with Crippen molar-refractivity contribution in [2.24, 2.45) is 0 Å². The molecule has 1 aliphatic rings. The van der Waals surface area contributed by atoms with E-state index in [0.717, 1.165) is 41.1 Å². The molecule has 0 bridgehead atoms. The van der Waals surface area contributed by atoms with Crippen LogP contribution in [0.4, 0.5) is 10.5 Å². The Morgan fingerprint density at radius 1 is 1.09 bits per heavy atom. The molecule has 0 aliphatic carbocycles. The Morgan fingerprint density at radius 2 is 1.77 bits per heavy atom. The van der Waals surface area contributed by atoms with Crippen LogP contribution in [-0.4, -0.2) is 40.6 Å². The number of nitrogens with one attached hydrogen (secondary N) is 1. The van der Waals surface area contributed by atoms with Crippen molar-refractivity contribution in [2.75, 3.05) is 18.4 Å². The van der Waals surface area contributed by atoms with Crippen molar-refractivity contribution >= 4 is 29.0 Å². The molecule has 0 saturated carbocycles. The van der Waals surface area contributed by atoms with Gasteiger partial charge in [-0.3, -0.25) is 4.79 Å². The molecule has 3 aromatic rings. The highest BCUT2D eigenvalue weighted by atomic mass is 32.1. The molecule has 184 valence electrons. The van der Waals surface area contributed by atoms with Gasteiger partial charge in [-0.1, -0.05) is 49.4 Å². The van der Waals surface area contributed by atoms with E-state index in [-0.39, 0.29) is 17.9 Å². The molecule has 4 rings (SSSR count). The summed E-state index contributed by atoms with van der Waals surface area (Å²) in [6.45, 7) is 9.02. The second-order valence-corrected chi connectivity index (χ2v) is 10.8. The SMILES string of the molecule is CCc1ccc(-c2ccccc2NC(=O)c2csc(C3CCN(C(=O)OC(C)(C)C)CC3)n2)cc1. The second-order valence-electron chi connectivity index (χ2n) is 9.86. The van der Waals surface area contributed by atoms with Crippen LogP contribution in [-0.2, 0) is 11.2 Å². The third-order valence-corrected chi connectivity index (χ3v) is 7.11. The summed E-state index contributed by atoms with van der Waals surface area (Å²) in [5, 5.41) is 5.82. The van der Waals surface area contributed by atoms with Gasteiger partial charge in [0, 0.05) is 35.6 Å². The van der Waals surface area contributed by atoms with Crippen molar-refractivity contribution in [1.29, 1.82) is 0 Å². The molecule has 1 aromatic heterocycles. The van der Waals surface area contributed by atoms with Gasteiger partial charge >= 0.3 is 6.09 Å². The van der Waals surface area contributed by atoms with E-state index >= 15 is 0 Å². The zero-order valence-corrected chi connectivity index (χ0v) is 21.7. The first-order valence-corrected chi connectivity index (χ1v) is 13.0. The standard InChI is InChI=1S/C28H33N3O3S/c1-5-19-10-12-20(13-11-19)22-8-6-7-9-23(22)29-25(32)24-18-35-26(30-24)21-14-16-31(17-15-21)27(33)34-28(2,3)4/h6-13,18,21H,5,14-17H2,1-4H3,(H,29,32). The Morgan fingerprint density at radius 3 is 2.43 bits per heavy atom. The number of anilines is 1. The first kappa shape index (κ1) is 24.9. The Labute approximate surface area is 211 Å². The summed E-state index contributed by atoms with van der Waals surface area (Å²) in [7, 11) is 0.